The van der Waals surface area contributed by atoms with Crippen molar-refractivity contribution in [3.05, 3.63) is 258 Å². The highest BCUT2D eigenvalue weighted by Crippen LogP contribution is 2.65. The van der Waals surface area contributed by atoms with Gasteiger partial charge in [-0.05, 0) is 109 Å². The molecule has 0 N–H and O–H groups in total. The van der Waals surface area contributed by atoms with E-state index in [2.05, 4.69) is 237 Å². The van der Waals surface area contributed by atoms with Gasteiger partial charge in [-0.2, -0.15) is 0 Å². The highest BCUT2D eigenvalue weighted by atomic mass is 16.3. The second-order valence-corrected chi connectivity index (χ2v) is 18.7. The van der Waals surface area contributed by atoms with E-state index in [1.54, 1.807) is 0 Å². The lowest BCUT2D eigenvalue weighted by molar-refractivity contribution is 0.660. The van der Waals surface area contributed by atoms with E-state index in [4.69, 9.17) is 4.42 Å². The zero-order valence-corrected chi connectivity index (χ0v) is 36.7. The lowest BCUT2D eigenvalue weighted by Gasteiger charge is -2.32. The van der Waals surface area contributed by atoms with E-state index in [-0.39, 0.29) is 5.41 Å². The van der Waals surface area contributed by atoms with Gasteiger partial charge in [-0.15, -0.1) is 0 Å². The van der Waals surface area contributed by atoms with E-state index in [0.29, 0.717) is 0 Å². The first-order valence-electron chi connectivity index (χ1n) is 23.1. The summed E-state index contributed by atoms with van der Waals surface area (Å²) in [6.45, 7) is 4.78. The monoisotopic (exact) mass is 841 g/mol. The summed E-state index contributed by atoms with van der Waals surface area (Å²) in [5.41, 5.74) is 25.0. The molecule has 0 saturated carbocycles. The van der Waals surface area contributed by atoms with Gasteiger partial charge in [0, 0.05) is 38.6 Å². The number of fused-ring (bicyclic) bond motifs is 16. The van der Waals surface area contributed by atoms with Crippen LogP contribution >= 0.6 is 0 Å². The van der Waals surface area contributed by atoms with Crippen molar-refractivity contribution in [1.82, 2.24) is 0 Å². The van der Waals surface area contributed by atoms with Gasteiger partial charge in [0.15, 0.2) is 0 Å². The Labute approximate surface area is 384 Å². The normalized spacial score (nSPS) is 14.2. The van der Waals surface area contributed by atoms with Gasteiger partial charge in [-0.1, -0.05) is 202 Å². The molecule has 1 spiro atoms. The van der Waals surface area contributed by atoms with Crippen LogP contribution in [-0.4, -0.2) is 0 Å². The third kappa shape index (κ3) is 4.91. The van der Waals surface area contributed by atoms with Crippen molar-refractivity contribution in [1.29, 1.82) is 0 Å². The van der Waals surface area contributed by atoms with Crippen LogP contribution in [0.5, 0.6) is 0 Å². The molecule has 1 aromatic heterocycles. The van der Waals surface area contributed by atoms with Crippen LogP contribution in [0.4, 0.5) is 17.1 Å². The molecule has 0 amide bonds. The van der Waals surface area contributed by atoms with Gasteiger partial charge in [-0.25, -0.2) is 0 Å². The molecule has 14 rings (SSSR count). The van der Waals surface area contributed by atoms with Crippen molar-refractivity contribution in [3.8, 4) is 55.6 Å². The minimum Gasteiger partial charge on any atom is -0.455 e. The number of anilines is 3. The minimum atomic E-state index is -0.461. The van der Waals surface area contributed by atoms with Gasteiger partial charge in [0.25, 0.3) is 0 Å². The molecule has 0 atom stereocenters. The molecule has 11 aromatic rings. The van der Waals surface area contributed by atoms with E-state index < -0.39 is 5.41 Å². The van der Waals surface area contributed by atoms with E-state index >= 15 is 0 Å². The fourth-order valence-electron chi connectivity index (χ4n) is 12.2. The lowest BCUT2D eigenvalue weighted by atomic mass is 9.70. The van der Waals surface area contributed by atoms with Crippen LogP contribution in [0.1, 0.15) is 47.2 Å². The summed E-state index contributed by atoms with van der Waals surface area (Å²) in [5, 5.41) is 2.27. The van der Waals surface area contributed by atoms with E-state index in [1.807, 2.05) is 6.07 Å². The summed E-state index contributed by atoms with van der Waals surface area (Å²) in [4.78, 5) is 2.56. The molecule has 10 aromatic carbocycles. The average Bonchev–Trinajstić information content (AvgIpc) is 4.07. The van der Waals surface area contributed by atoms with Crippen molar-refractivity contribution in [2.75, 3.05) is 4.90 Å². The predicted octanol–water partition coefficient (Wildman–Crippen LogP) is 17.0. The van der Waals surface area contributed by atoms with Crippen LogP contribution in [0.2, 0.25) is 0 Å². The van der Waals surface area contributed by atoms with Gasteiger partial charge < -0.3 is 9.32 Å². The molecule has 3 aliphatic carbocycles. The Morgan fingerprint density at radius 1 is 0.348 bits per heavy atom. The Morgan fingerprint density at radius 3 is 1.59 bits per heavy atom. The number of hydrogen-bond acceptors (Lipinski definition) is 2. The predicted molar refractivity (Wildman–Crippen MR) is 273 cm³/mol. The van der Waals surface area contributed by atoms with Crippen molar-refractivity contribution in [2.24, 2.45) is 0 Å². The van der Waals surface area contributed by atoms with Crippen molar-refractivity contribution < 1.29 is 4.42 Å². The number of benzene rings is 10. The molecule has 0 saturated heterocycles. The summed E-state index contributed by atoms with van der Waals surface area (Å²) in [5.74, 6) is 0. The second-order valence-electron chi connectivity index (χ2n) is 18.7. The second kappa shape index (κ2) is 13.7. The Morgan fingerprint density at radius 2 is 0.864 bits per heavy atom. The maximum atomic E-state index is 6.56. The molecule has 0 aliphatic heterocycles. The van der Waals surface area contributed by atoms with E-state index in [0.717, 1.165) is 50.1 Å². The summed E-state index contributed by atoms with van der Waals surface area (Å²) >= 11 is 0. The number of rotatable bonds is 5. The first-order chi connectivity index (χ1) is 32.5. The standard InChI is InChI=1S/C64H43NO/c1-63(2)54-28-15-30-57(60(54)50-38-35-42(39-56(50)63)40-17-4-3-5-18-40)65(43-36-33-41(34-37-43)44-23-14-24-48-47-21-9-13-32-59(47)66-62(44)48)58-31-16-29-55-61(58)49-22-8-12-27-53(49)64(55)51-25-10-6-19-45(51)46-20-7-11-26-52(46)64/h3-39H,1-2H3. The zero-order valence-electron chi connectivity index (χ0n) is 36.7. The third-order valence-corrected chi connectivity index (χ3v) is 15.1. The molecule has 0 bridgehead atoms. The average molecular weight is 842 g/mol. The topological polar surface area (TPSA) is 16.4 Å². The molecule has 0 radical (unpaired) electrons. The Hall–Kier alpha value is -8.20. The van der Waals surface area contributed by atoms with Gasteiger partial charge >= 0.3 is 0 Å². The molecule has 310 valence electrons. The molecular formula is C64H43NO. The van der Waals surface area contributed by atoms with Crippen LogP contribution in [-0.2, 0) is 10.8 Å². The van der Waals surface area contributed by atoms with Crippen molar-refractivity contribution in [2.45, 2.75) is 24.7 Å². The first kappa shape index (κ1) is 37.2. The zero-order chi connectivity index (χ0) is 43.7. The SMILES string of the molecule is CC1(C)c2cc(-c3ccccc3)ccc2-c2c(N(c3ccc(-c4cccc5c4oc4ccccc45)cc3)c3cccc4c3-c3ccccc3C43c4ccccc4-c4ccccc43)cccc21. The quantitative estimate of drug-likeness (QED) is 0.172. The fraction of sp³-hybridized carbons (Fsp3) is 0.0625. The van der Waals surface area contributed by atoms with Crippen LogP contribution in [0.3, 0.4) is 0 Å². The van der Waals surface area contributed by atoms with Crippen LogP contribution < -0.4 is 4.90 Å². The summed E-state index contributed by atoms with van der Waals surface area (Å²) in [6, 6.07) is 83.2. The third-order valence-electron chi connectivity index (χ3n) is 15.1. The minimum absolute atomic E-state index is 0.223. The van der Waals surface area contributed by atoms with Crippen molar-refractivity contribution >= 4 is 39.0 Å². The molecule has 66 heavy (non-hydrogen) atoms. The Bertz CT molecular complexity index is 3750. The maximum absolute atomic E-state index is 6.56. The van der Waals surface area contributed by atoms with Gasteiger partial charge in [-0.3, -0.25) is 0 Å². The Kier molecular flexibility index (Phi) is 7.70. The van der Waals surface area contributed by atoms with E-state index in [9.17, 15) is 0 Å². The molecule has 0 unspecified atom stereocenters. The number of nitrogens with zero attached hydrogens (tertiary/aromatic N) is 1. The van der Waals surface area contributed by atoms with Gasteiger partial charge in [0.05, 0.1) is 16.8 Å². The highest BCUT2D eigenvalue weighted by Gasteiger charge is 2.52. The van der Waals surface area contributed by atoms with Crippen molar-refractivity contribution in [3.63, 3.8) is 0 Å². The molecular weight excluding hydrogens is 799 g/mol. The summed E-state index contributed by atoms with van der Waals surface area (Å²) in [7, 11) is 0. The molecule has 1 heterocycles. The van der Waals surface area contributed by atoms with Crippen LogP contribution in [0, 0.1) is 0 Å². The maximum Gasteiger partial charge on any atom is 0.143 e. The number of para-hydroxylation sites is 2. The van der Waals surface area contributed by atoms with Crippen LogP contribution in [0.15, 0.2) is 229 Å². The molecule has 2 nitrogen and oxygen atoms in total. The van der Waals surface area contributed by atoms with E-state index in [1.165, 1.54) is 77.9 Å². The first-order valence-corrected chi connectivity index (χ1v) is 23.1. The van der Waals surface area contributed by atoms with Gasteiger partial charge in [0.2, 0.25) is 0 Å². The summed E-state index contributed by atoms with van der Waals surface area (Å²) in [6.07, 6.45) is 0. The molecule has 0 fully saturated rings. The highest BCUT2D eigenvalue weighted by molar-refractivity contribution is 6.10. The number of hydrogen-bond donors (Lipinski definition) is 0. The van der Waals surface area contributed by atoms with Crippen LogP contribution in [0.25, 0.3) is 77.6 Å². The Balaban J connectivity index is 1.03. The van der Waals surface area contributed by atoms with Gasteiger partial charge in [0.1, 0.15) is 11.2 Å². The largest absolute Gasteiger partial charge is 0.455 e. The number of furan rings is 1. The fourth-order valence-corrected chi connectivity index (χ4v) is 12.2. The summed E-state index contributed by atoms with van der Waals surface area (Å²) < 4.78 is 6.56. The smallest absolute Gasteiger partial charge is 0.143 e. The molecule has 2 heteroatoms. The molecule has 3 aliphatic rings. The lowest BCUT2D eigenvalue weighted by Crippen LogP contribution is -2.26.